The molecule has 2 rings (SSSR count). The van der Waals surface area contributed by atoms with Gasteiger partial charge in [-0.25, -0.2) is 0 Å². The number of methoxy groups -OCH3 is 1. The molecule has 2 aromatic rings. The molecule has 1 aromatic carbocycles. The van der Waals surface area contributed by atoms with Gasteiger partial charge in [-0.15, -0.1) is 0 Å². The van der Waals surface area contributed by atoms with E-state index in [4.69, 9.17) is 14.4 Å². The fourth-order valence-electron chi connectivity index (χ4n) is 2.28. The van der Waals surface area contributed by atoms with Gasteiger partial charge in [0.25, 0.3) is 0 Å². The Hall–Kier alpha value is -2.90. The molecule has 25 heavy (non-hydrogen) atoms. The minimum absolute atomic E-state index is 0.107. The maximum absolute atomic E-state index is 12.2. The van der Waals surface area contributed by atoms with Crippen LogP contribution in [-0.4, -0.2) is 51.7 Å². The number of hydrogen-bond acceptors (Lipinski definition) is 6. The van der Waals surface area contributed by atoms with Crippen molar-refractivity contribution < 1.29 is 24.0 Å². The highest BCUT2D eigenvalue weighted by Crippen LogP contribution is 2.20. The lowest BCUT2D eigenvalue weighted by molar-refractivity contribution is -0.145. The van der Waals surface area contributed by atoms with Crippen LogP contribution in [0.25, 0.3) is 11.4 Å². The van der Waals surface area contributed by atoms with Crippen molar-refractivity contribution >= 4 is 11.9 Å². The van der Waals surface area contributed by atoms with Crippen molar-refractivity contribution in [2.45, 2.75) is 32.7 Å². The molecule has 8 nitrogen and oxygen atoms in total. The number of aryl methyl sites for hydroxylation is 1. The number of aliphatic carboxylic acids is 1. The number of carboxylic acids is 1. The predicted molar refractivity (Wildman–Crippen MR) is 89.1 cm³/mol. The number of ether oxygens (including phenoxy) is 1. The second kappa shape index (κ2) is 8.27. The molecule has 1 N–H and O–H groups in total. The predicted octanol–water partition coefficient (Wildman–Crippen LogP) is 2.00. The van der Waals surface area contributed by atoms with E-state index in [9.17, 15) is 9.59 Å². The number of carbonyl (C=O) groups is 2. The third-order valence-electron chi connectivity index (χ3n) is 3.62. The van der Waals surface area contributed by atoms with Gasteiger partial charge >= 0.3 is 5.97 Å². The number of benzene rings is 1. The molecule has 134 valence electrons. The highest BCUT2D eigenvalue weighted by molar-refractivity contribution is 5.81. The smallest absolute Gasteiger partial charge is 0.323 e. The van der Waals surface area contributed by atoms with E-state index < -0.39 is 5.97 Å². The first kappa shape index (κ1) is 18.4. The Morgan fingerprint density at radius 2 is 1.96 bits per heavy atom. The zero-order chi connectivity index (χ0) is 18.4. The summed E-state index contributed by atoms with van der Waals surface area (Å²) in [5, 5.41) is 12.8. The number of amides is 1. The Balaban J connectivity index is 1.98. The molecule has 0 radical (unpaired) electrons. The third-order valence-corrected chi connectivity index (χ3v) is 3.62. The number of rotatable bonds is 8. The van der Waals surface area contributed by atoms with Crippen LogP contribution in [0.2, 0.25) is 0 Å². The lowest BCUT2D eigenvalue weighted by Crippen LogP contribution is -2.40. The number of hydrogen-bond donors (Lipinski definition) is 1. The molecule has 8 heteroatoms. The summed E-state index contributed by atoms with van der Waals surface area (Å²) in [6.45, 7) is 3.22. The standard InChI is InChI=1S/C17H21N3O5/c1-11(2)20(10-16(22)23)15(21)9-8-14-18-17(19-25-14)12-4-6-13(24-3)7-5-12/h4-7,11H,8-10H2,1-3H3,(H,22,23). The third kappa shape index (κ3) is 5.03. The summed E-state index contributed by atoms with van der Waals surface area (Å²) in [7, 11) is 1.59. The van der Waals surface area contributed by atoms with Crippen molar-refractivity contribution in [3.05, 3.63) is 30.2 Å². The van der Waals surface area contributed by atoms with Crippen LogP contribution in [0, 0.1) is 0 Å². The van der Waals surface area contributed by atoms with Crippen LogP contribution in [0.4, 0.5) is 0 Å². The van der Waals surface area contributed by atoms with Gasteiger partial charge in [-0.3, -0.25) is 9.59 Å². The second-order valence-corrected chi connectivity index (χ2v) is 5.75. The van der Waals surface area contributed by atoms with Crippen LogP contribution >= 0.6 is 0 Å². The van der Waals surface area contributed by atoms with Gasteiger partial charge in [0.1, 0.15) is 12.3 Å². The Labute approximate surface area is 145 Å². The lowest BCUT2D eigenvalue weighted by Gasteiger charge is -2.24. The maximum atomic E-state index is 12.2. The molecule has 1 aromatic heterocycles. The van der Waals surface area contributed by atoms with E-state index in [2.05, 4.69) is 10.1 Å². The number of aromatic nitrogens is 2. The summed E-state index contributed by atoms with van der Waals surface area (Å²) in [6.07, 6.45) is 0.362. The van der Waals surface area contributed by atoms with Gasteiger partial charge in [-0.05, 0) is 38.1 Å². The summed E-state index contributed by atoms with van der Waals surface area (Å²) in [5.41, 5.74) is 0.775. The normalized spacial score (nSPS) is 10.7. The maximum Gasteiger partial charge on any atom is 0.323 e. The van der Waals surface area contributed by atoms with Crippen molar-refractivity contribution in [2.75, 3.05) is 13.7 Å². The molecule has 1 amide bonds. The van der Waals surface area contributed by atoms with E-state index >= 15 is 0 Å². The van der Waals surface area contributed by atoms with Crippen molar-refractivity contribution in [3.63, 3.8) is 0 Å². The van der Waals surface area contributed by atoms with E-state index in [0.717, 1.165) is 11.3 Å². The van der Waals surface area contributed by atoms with Gasteiger partial charge in [-0.1, -0.05) is 5.16 Å². The molecule has 0 unspecified atom stereocenters. The first-order chi connectivity index (χ1) is 11.9. The number of nitrogens with zero attached hydrogens (tertiary/aromatic N) is 3. The Morgan fingerprint density at radius 1 is 1.28 bits per heavy atom. The van der Waals surface area contributed by atoms with Crippen LogP contribution in [0.1, 0.15) is 26.2 Å². The van der Waals surface area contributed by atoms with Crippen molar-refractivity contribution in [1.82, 2.24) is 15.0 Å². The van der Waals surface area contributed by atoms with E-state index in [1.54, 1.807) is 33.1 Å². The van der Waals surface area contributed by atoms with E-state index in [-0.39, 0.29) is 31.3 Å². The minimum Gasteiger partial charge on any atom is -0.497 e. The van der Waals surface area contributed by atoms with Crippen LogP contribution in [-0.2, 0) is 16.0 Å². The molecule has 0 saturated carbocycles. The summed E-state index contributed by atoms with van der Waals surface area (Å²) >= 11 is 0. The molecule has 0 saturated heterocycles. The largest absolute Gasteiger partial charge is 0.497 e. The number of carboxylic acid groups (broad SMARTS) is 1. The summed E-state index contributed by atoms with van der Waals surface area (Å²) in [5.74, 6) is 0.183. The van der Waals surface area contributed by atoms with Crippen molar-refractivity contribution in [3.8, 4) is 17.1 Å². The summed E-state index contributed by atoms with van der Waals surface area (Å²) in [6, 6.07) is 7.02. The quantitative estimate of drug-likeness (QED) is 0.778. The molecule has 0 aliphatic heterocycles. The molecule has 0 fully saturated rings. The van der Waals surface area contributed by atoms with E-state index in [0.29, 0.717) is 11.7 Å². The Kier molecular flexibility index (Phi) is 6.10. The molecule has 0 aliphatic carbocycles. The first-order valence-corrected chi connectivity index (χ1v) is 7.89. The van der Waals surface area contributed by atoms with Gasteiger partial charge in [-0.2, -0.15) is 4.98 Å². The van der Waals surface area contributed by atoms with Gasteiger partial charge < -0.3 is 19.3 Å². The minimum atomic E-state index is -1.04. The topological polar surface area (TPSA) is 106 Å². The average Bonchev–Trinajstić information content (AvgIpc) is 3.06. The second-order valence-electron chi connectivity index (χ2n) is 5.75. The van der Waals surface area contributed by atoms with E-state index in [1.807, 2.05) is 12.1 Å². The molecule has 1 heterocycles. The van der Waals surface area contributed by atoms with Crippen LogP contribution in [0.3, 0.4) is 0 Å². The van der Waals surface area contributed by atoms with E-state index in [1.165, 1.54) is 4.90 Å². The fourth-order valence-corrected chi connectivity index (χ4v) is 2.28. The first-order valence-electron chi connectivity index (χ1n) is 7.89. The van der Waals surface area contributed by atoms with Gasteiger partial charge in [0.2, 0.25) is 17.6 Å². The van der Waals surface area contributed by atoms with Crippen LogP contribution in [0.5, 0.6) is 5.75 Å². The molecular formula is C17H21N3O5. The molecule has 0 atom stereocenters. The summed E-state index contributed by atoms with van der Waals surface area (Å²) in [4.78, 5) is 28.6. The zero-order valence-corrected chi connectivity index (χ0v) is 14.4. The van der Waals surface area contributed by atoms with Crippen molar-refractivity contribution in [2.24, 2.45) is 0 Å². The highest BCUT2D eigenvalue weighted by atomic mass is 16.5. The number of carbonyl (C=O) groups excluding carboxylic acids is 1. The average molecular weight is 347 g/mol. The Bertz CT molecular complexity index is 724. The van der Waals surface area contributed by atoms with Crippen LogP contribution in [0.15, 0.2) is 28.8 Å². The molecule has 0 bridgehead atoms. The highest BCUT2D eigenvalue weighted by Gasteiger charge is 2.20. The monoisotopic (exact) mass is 347 g/mol. The molecular weight excluding hydrogens is 326 g/mol. The Morgan fingerprint density at radius 3 is 2.52 bits per heavy atom. The SMILES string of the molecule is COc1ccc(-c2noc(CCC(=O)N(CC(=O)O)C(C)C)n2)cc1. The fraction of sp³-hybridized carbons (Fsp3) is 0.412. The molecule has 0 aliphatic rings. The van der Waals surface area contributed by atoms with Gasteiger partial charge in [0.05, 0.1) is 7.11 Å². The van der Waals surface area contributed by atoms with Gasteiger partial charge in [0.15, 0.2) is 0 Å². The summed E-state index contributed by atoms with van der Waals surface area (Å²) < 4.78 is 10.3. The zero-order valence-electron chi connectivity index (χ0n) is 14.4. The molecule has 0 spiro atoms. The van der Waals surface area contributed by atoms with Crippen LogP contribution < -0.4 is 4.74 Å². The van der Waals surface area contributed by atoms with Crippen molar-refractivity contribution in [1.29, 1.82) is 0 Å². The lowest BCUT2D eigenvalue weighted by atomic mass is 10.2. The van der Waals surface area contributed by atoms with Gasteiger partial charge in [0, 0.05) is 24.4 Å².